The molecule has 2 aromatic carbocycles. The highest BCUT2D eigenvalue weighted by Crippen LogP contribution is 2.18. The summed E-state index contributed by atoms with van der Waals surface area (Å²) in [5.41, 5.74) is 2.67. The minimum Gasteiger partial charge on any atom is -0.492 e. The number of anilines is 1. The lowest BCUT2D eigenvalue weighted by Crippen LogP contribution is -2.39. The van der Waals surface area contributed by atoms with Gasteiger partial charge >= 0.3 is 0 Å². The Hall–Kier alpha value is -2.74. The van der Waals surface area contributed by atoms with Gasteiger partial charge in [-0.1, -0.05) is 12.1 Å². The molecule has 0 saturated heterocycles. The molecular weight excluding hydrogens is 403 g/mol. The number of amides is 1. The van der Waals surface area contributed by atoms with Gasteiger partial charge in [-0.05, 0) is 48.6 Å². The fraction of sp³-hybridized carbons (Fsp3) is 0.364. The predicted octanol–water partition coefficient (Wildman–Crippen LogP) is 3.78. The molecule has 0 heterocycles. The summed E-state index contributed by atoms with van der Waals surface area (Å²) in [6.45, 7) is 5.64. The molecule has 6 nitrogen and oxygen atoms in total. The van der Waals surface area contributed by atoms with E-state index >= 15 is 0 Å². The molecule has 2 rings (SSSR count). The van der Waals surface area contributed by atoms with Crippen LogP contribution in [-0.4, -0.2) is 37.8 Å². The van der Waals surface area contributed by atoms with Gasteiger partial charge in [0.25, 0.3) is 0 Å². The van der Waals surface area contributed by atoms with Crippen molar-refractivity contribution in [2.45, 2.75) is 26.1 Å². The number of halogens is 1. The highest BCUT2D eigenvalue weighted by atomic mass is 32.2. The molecule has 0 saturated carbocycles. The minimum absolute atomic E-state index is 0.123. The maximum Gasteiger partial charge on any atom is 0.221 e. The maximum atomic E-state index is 13.5. The minimum atomic E-state index is -0.225. The summed E-state index contributed by atoms with van der Waals surface area (Å²) in [6, 6.07) is 12.1. The molecule has 162 valence electrons. The fourth-order valence-electron chi connectivity index (χ4n) is 2.75. The molecule has 0 bridgehead atoms. The molecule has 0 radical (unpaired) electrons. The predicted molar refractivity (Wildman–Crippen MR) is 123 cm³/mol. The second-order valence-electron chi connectivity index (χ2n) is 6.53. The Kier molecular flexibility index (Phi) is 10.00. The third kappa shape index (κ3) is 8.32. The Balaban J connectivity index is 1.89. The fourth-order valence-corrected chi connectivity index (χ4v) is 3.33. The van der Waals surface area contributed by atoms with Crippen LogP contribution in [0.15, 0.2) is 47.5 Å². The van der Waals surface area contributed by atoms with Gasteiger partial charge in [-0.3, -0.25) is 4.79 Å². The number of ether oxygens (including phenoxy) is 1. The number of rotatable bonds is 10. The van der Waals surface area contributed by atoms with Crippen LogP contribution in [0, 0.1) is 5.82 Å². The second kappa shape index (κ2) is 12.7. The second-order valence-corrected chi connectivity index (χ2v) is 7.39. The Labute approximate surface area is 181 Å². The van der Waals surface area contributed by atoms with Crippen molar-refractivity contribution in [3.05, 3.63) is 59.4 Å². The molecular formula is C22H29FN4O2S. The first-order valence-corrected chi connectivity index (χ1v) is 11.2. The molecule has 0 spiro atoms. The van der Waals surface area contributed by atoms with Crippen molar-refractivity contribution in [1.29, 1.82) is 0 Å². The van der Waals surface area contributed by atoms with Gasteiger partial charge < -0.3 is 20.7 Å². The van der Waals surface area contributed by atoms with Crippen molar-refractivity contribution < 1.29 is 13.9 Å². The summed E-state index contributed by atoms with van der Waals surface area (Å²) >= 11 is 1.65. The highest BCUT2D eigenvalue weighted by Gasteiger charge is 2.05. The zero-order valence-electron chi connectivity index (χ0n) is 17.6. The molecule has 3 N–H and O–H groups in total. The number of guanidine groups is 1. The van der Waals surface area contributed by atoms with Crippen LogP contribution in [0.25, 0.3) is 0 Å². The molecule has 2 aromatic rings. The van der Waals surface area contributed by atoms with Crippen LogP contribution in [0.4, 0.5) is 10.1 Å². The average molecular weight is 433 g/mol. The van der Waals surface area contributed by atoms with E-state index in [4.69, 9.17) is 4.74 Å². The molecule has 0 aromatic heterocycles. The lowest BCUT2D eigenvalue weighted by molar-refractivity contribution is -0.114. The van der Waals surface area contributed by atoms with E-state index in [-0.39, 0.29) is 11.7 Å². The van der Waals surface area contributed by atoms with Crippen LogP contribution in [0.1, 0.15) is 25.0 Å². The zero-order valence-corrected chi connectivity index (χ0v) is 18.4. The third-order valence-electron chi connectivity index (χ3n) is 4.04. The van der Waals surface area contributed by atoms with E-state index in [1.807, 2.05) is 31.4 Å². The molecule has 30 heavy (non-hydrogen) atoms. The lowest BCUT2D eigenvalue weighted by atomic mass is 10.1. The number of carbonyl (C=O) groups excluding carboxylic acids is 1. The number of hydrogen-bond acceptors (Lipinski definition) is 4. The Morgan fingerprint density at radius 3 is 2.73 bits per heavy atom. The normalized spacial score (nSPS) is 11.1. The lowest BCUT2D eigenvalue weighted by Gasteiger charge is -2.13. The summed E-state index contributed by atoms with van der Waals surface area (Å²) in [5.74, 6) is 1.75. The number of carbonyl (C=O) groups is 1. The van der Waals surface area contributed by atoms with Crippen LogP contribution in [-0.2, 0) is 17.1 Å². The molecule has 0 aliphatic heterocycles. The van der Waals surface area contributed by atoms with Gasteiger partial charge in [-0.25, -0.2) is 9.38 Å². The average Bonchev–Trinajstić information content (AvgIpc) is 2.70. The van der Waals surface area contributed by atoms with Crippen molar-refractivity contribution in [1.82, 2.24) is 10.6 Å². The number of aliphatic imine (C=N–C) groups is 1. The van der Waals surface area contributed by atoms with Crippen LogP contribution in [0.3, 0.4) is 0 Å². The maximum absolute atomic E-state index is 13.5. The molecule has 8 heteroatoms. The van der Waals surface area contributed by atoms with Gasteiger partial charge in [-0.2, -0.15) is 11.8 Å². The summed E-state index contributed by atoms with van der Waals surface area (Å²) in [5, 5.41) is 9.17. The van der Waals surface area contributed by atoms with E-state index in [0.29, 0.717) is 37.1 Å². The van der Waals surface area contributed by atoms with Crippen molar-refractivity contribution in [2.75, 3.05) is 31.3 Å². The largest absolute Gasteiger partial charge is 0.492 e. The van der Waals surface area contributed by atoms with Crippen LogP contribution >= 0.6 is 11.8 Å². The van der Waals surface area contributed by atoms with E-state index in [2.05, 4.69) is 20.9 Å². The zero-order chi connectivity index (χ0) is 21.8. The standard InChI is InChI=1S/C22H29FN4O2S/c1-4-24-22(26-14-17-8-9-19(23)12-18(17)15-30-3)25-10-11-29-21-7-5-6-20(13-21)27-16(2)28/h5-9,12-13H,4,10-11,14-15H2,1-3H3,(H,27,28)(H2,24,25,26). The monoisotopic (exact) mass is 432 g/mol. The van der Waals surface area contributed by atoms with Gasteiger partial charge in [0.2, 0.25) is 5.91 Å². The summed E-state index contributed by atoms with van der Waals surface area (Å²) in [7, 11) is 0. The number of hydrogen-bond donors (Lipinski definition) is 3. The first kappa shape index (κ1) is 23.5. The third-order valence-corrected chi connectivity index (χ3v) is 4.64. The van der Waals surface area contributed by atoms with Crippen LogP contribution < -0.4 is 20.7 Å². The molecule has 1 amide bonds. The number of nitrogens with zero attached hydrogens (tertiary/aromatic N) is 1. The van der Waals surface area contributed by atoms with Crippen molar-refractivity contribution in [2.24, 2.45) is 4.99 Å². The Morgan fingerprint density at radius 2 is 2.00 bits per heavy atom. The molecule has 0 aliphatic carbocycles. The quantitative estimate of drug-likeness (QED) is 0.303. The van der Waals surface area contributed by atoms with Crippen molar-refractivity contribution in [3.63, 3.8) is 0 Å². The van der Waals surface area contributed by atoms with E-state index < -0.39 is 0 Å². The first-order chi connectivity index (χ1) is 14.5. The van der Waals surface area contributed by atoms with Gasteiger partial charge in [0.15, 0.2) is 5.96 Å². The van der Waals surface area contributed by atoms with Crippen molar-refractivity contribution in [3.8, 4) is 5.75 Å². The van der Waals surface area contributed by atoms with Gasteiger partial charge in [-0.15, -0.1) is 0 Å². The molecule has 0 aliphatic rings. The number of benzene rings is 2. The smallest absolute Gasteiger partial charge is 0.221 e. The van der Waals surface area contributed by atoms with Crippen molar-refractivity contribution >= 4 is 29.3 Å². The van der Waals surface area contributed by atoms with E-state index in [9.17, 15) is 9.18 Å². The molecule has 0 unspecified atom stereocenters. The Bertz CT molecular complexity index is 861. The van der Waals surface area contributed by atoms with Gasteiger partial charge in [0.05, 0.1) is 13.1 Å². The molecule has 0 atom stereocenters. The van der Waals surface area contributed by atoms with E-state index in [1.165, 1.54) is 13.0 Å². The summed E-state index contributed by atoms with van der Waals surface area (Å²) < 4.78 is 19.3. The summed E-state index contributed by atoms with van der Waals surface area (Å²) in [4.78, 5) is 15.8. The topological polar surface area (TPSA) is 74.8 Å². The van der Waals surface area contributed by atoms with Gasteiger partial charge in [0, 0.05) is 31.0 Å². The first-order valence-electron chi connectivity index (χ1n) is 9.80. The summed E-state index contributed by atoms with van der Waals surface area (Å²) in [6.07, 6.45) is 2.00. The Morgan fingerprint density at radius 1 is 1.17 bits per heavy atom. The van der Waals surface area contributed by atoms with Crippen LogP contribution in [0.5, 0.6) is 5.75 Å². The highest BCUT2D eigenvalue weighted by molar-refractivity contribution is 7.97. The molecule has 0 fully saturated rings. The van der Waals surface area contributed by atoms with E-state index in [1.54, 1.807) is 30.0 Å². The van der Waals surface area contributed by atoms with Gasteiger partial charge in [0.1, 0.15) is 18.2 Å². The number of thioether (sulfide) groups is 1. The SMILES string of the molecule is CCNC(=NCc1ccc(F)cc1CSC)NCCOc1cccc(NC(C)=O)c1. The number of nitrogens with one attached hydrogen (secondary N) is 3. The van der Waals surface area contributed by atoms with Crippen LogP contribution in [0.2, 0.25) is 0 Å². The van der Waals surface area contributed by atoms with E-state index in [0.717, 1.165) is 23.4 Å².